The van der Waals surface area contributed by atoms with E-state index in [0.29, 0.717) is 23.1 Å². The van der Waals surface area contributed by atoms with E-state index >= 15 is 0 Å². The summed E-state index contributed by atoms with van der Waals surface area (Å²) >= 11 is 3.20. The van der Waals surface area contributed by atoms with Gasteiger partial charge in [-0.3, -0.25) is 4.79 Å². The molecule has 0 aromatic heterocycles. The maximum absolute atomic E-state index is 12.8. The van der Waals surface area contributed by atoms with Gasteiger partial charge in [0.1, 0.15) is 10.9 Å². The van der Waals surface area contributed by atoms with Crippen LogP contribution in [0.2, 0.25) is 0 Å². The number of nitrogens with zero attached hydrogens (tertiary/aromatic N) is 1. The van der Waals surface area contributed by atoms with Crippen LogP contribution in [0.25, 0.3) is 0 Å². The van der Waals surface area contributed by atoms with Gasteiger partial charge in [0.25, 0.3) is 0 Å². The predicted molar refractivity (Wildman–Crippen MR) is 81.8 cm³/mol. The first kappa shape index (κ1) is 17.0. The fraction of sp³-hybridized carbons (Fsp3) is 0.462. The minimum atomic E-state index is -3.95. The topological polar surface area (TPSA) is 93.1 Å². The van der Waals surface area contributed by atoms with E-state index in [1.165, 1.54) is 26.4 Å². The van der Waals surface area contributed by atoms with E-state index in [0.717, 1.165) is 4.31 Å². The Morgan fingerprint density at radius 1 is 1.32 bits per heavy atom. The van der Waals surface area contributed by atoms with E-state index in [-0.39, 0.29) is 17.2 Å². The summed E-state index contributed by atoms with van der Waals surface area (Å²) in [5.41, 5.74) is 0. The van der Waals surface area contributed by atoms with Crippen LogP contribution in [0.4, 0.5) is 0 Å². The highest BCUT2D eigenvalue weighted by atomic mass is 79.9. The van der Waals surface area contributed by atoms with Gasteiger partial charge in [0.2, 0.25) is 10.0 Å². The molecule has 0 aliphatic carbocycles. The number of ether oxygens (including phenoxy) is 2. The van der Waals surface area contributed by atoms with Crippen LogP contribution in [0.5, 0.6) is 11.5 Å². The molecule has 1 aromatic rings. The summed E-state index contributed by atoms with van der Waals surface area (Å²) in [6.45, 7) is 0.181. The molecular weight excluding hydrogens is 378 g/mol. The summed E-state index contributed by atoms with van der Waals surface area (Å²) in [5.74, 6) is -0.502. The van der Waals surface area contributed by atoms with Crippen LogP contribution in [0.1, 0.15) is 12.8 Å². The summed E-state index contributed by atoms with van der Waals surface area (Å²) in [4.78, 5) is 11.2. The van der Waals surface area contributed by atoms with Crippen molar-refractivity contribution in [3.63, 3.8) is 0 Å². The molecule has 1 unspecified atom stereocenters. The second-order valence-electron chi connectivity index (χ2n) is 4.75. The summed E-state index contributed by atoms with van der Waals surface area (Å²) in [7, 11) is -1.11. The predicted octanol–water partition coefficient (Wildman–Crippen LogP) is 1.70. The molecule has 1 aliphatic heterocycles. The molecule has 22 heavy (non-hydrogen) atoms. The van der Waals surface area contributed by atoms with Gasteiger partial charge < -0.3 is 14.6 Å². The number of benzene rings is 1. The molecule has 1 fully saturated rings. The zero-order valence-electron chi connectivity index (χ0n) is 12.1. The number of sulfonamides is 1. The van der Waals surface area contributed by atoms with Gasteiger partial charge in [-0.1, -0.05) is 0 Å². The third-order valence-corrected chi connectivity index (χ3v) is 6.38. The number of carboxylic acid groups (broad SMARTS) is 1. The van der Waals surface area contributed by atoms with E-state index in [9.17, 15) is 18.3 Å². The van der Waals surface area contributed by atoms with Gasteiger partial charge in [-0.25, -0.2) is 8.42 Å². The lowest BCUT2D eigenvalue weighted by Gasteiger charge is -2.22. The van der Waals surface area contributed by atoms with E-state index in [4.69, 9.17) is 9.47 Å². The quantitative estimate of drug-likeness (QED) is 0.817. The van der Waals surface area contributed by atoms with E-state index in [1.54, 1.807) is 0 Å². The number of carbonyl (C=O) groups is 1. The lowest BCUT2D eigenvalue weighted by Crippen LogP contribution is -2.40. The first-order valence-electron chi connectivity index (χ1n) is 6.49. The van der Waals surface area contributed by atoms with Crippen LogP contribution < -0.4 is 9.47 Å². The third kappa shape index (κ3) is 2.92. The Hall–Kier alpha value is -1.32. The van der Waals surface area contributed by atoms with Crippen molar-refractivity contribution in [1.82, 2.24) is 4.31 Å². The summed E-state index contributed by atoms with van der Waals surface area (Å²) in [5, 5.41) is 9.18. The second-order valence-corrected chi connectivity index (χ2v) is 7.46. The van der Waals surface area contributed by atoms with E-state index in [2.05, 4.69) is 15.9 Å². The Morgan fingerprint density at radius 2 is 1.91 bits per heavy atom. The Balaban J connectivity index is 2.52. The van der Waals surface area contributed by atoms with Crippen LogP contribution in [-0.2, 0) is 14.8 Å². The molecular formula is C13H16BrNO6S. The molecule has 1 atom stereocenters. The lowest BCUT2D eigenvalue weighted by atomic mass is 10.2. The molecule has 1 aliphatic rings. The highest BCUT2D eigenvalue weighted by Gasteiger charge is 2.40. The van der Waals surface area contributed by atoms with Crippen LogP contribution in [-0.4, -0.2) is 50.6 Å². The molecule has 0 saturated carbocycles. The molecule has 1 aromatic carbocycles. The SMILES string of the molecule is COc1cc(Br)c(S(=O)(=O)N2CCCC2C(=O)O)cc1OC. The fourth-order valence-electron chi connectivity index (χ4n) is 2.43. The third-order valence-electron chi connectivity index (χ3n) is 3.51. The average Bonchev–Trinajstić information content (AvgIpc) is 2.97. The fourth-order valence-corrected chi connectivity index (χ4v) is 5.08. The molecule has 1 N–H and O–H groups in total. The molecule has 0 spiro atoms. The largest absolute Gasteiger partial charge is 0.493 e. The van der Waals surface area contributed by atoms with Crippen molar-refractivity contribution in [3.05, 3.63) is 16.6 Å². The maximum Gasteiger partial charge on any atom is 0.322 e. The molecule has 0 radical (unpaired) electrons. The summed E-state index contributed by atoms with van der Waals surface area (Å²) < 4.78 is 37.1. The molecule has 1 saturated heterocycles. The number of hydrogen-bond donors (Lipinski definition) is 1. The lowest BCUT2D eigenvalue weighted by molar-refractivity contribution is -0.140. The van der Waals surface area contributed by atoms with Crippen LogP contribution in [0.3, 0.4) is 0 Å². The molecule has 122 valence electrons. The summed E-state index contributed by atoms with van der Waals surface area (Å²) in [6.07, 6.45) is 0.820. The van der Waals surface area contributed by atoms with Crippen molar-refractivity contribution in [3.8, 4) is 11.5 Å². The first-order chi connectivity index (χ1) is 10.3. The Morgan fingerprint density at radius 3 is 2.45 bits per heavy atom. The van der Waals surface area contributed by atoms with Gasteiger partial charge >= 0.3 is 5.97 Å². The van der Waals surface area contributed by atoms with Gasteiger partial charge in [-0.05, 0) is 34.8 Å². The number of rotatable bonds is 5. The van der Waals surface area contributed by atoms with Crippen molar-refractivity contribution in [2.45, 2.75) is 23.8 Å². The van der Waals surface area contributed by atoms with Crippen molar-refractivity contribution < 1.29 is 27.8 Å². The summed E-state index contributed by atoms with van der Waals surface area (Å²) in [6, 6.07) is 1.78. The van der Waals surface area contributed by atoms with Gasteiger partial charge in [0.15, 0.2) is 11.5 Å². The van der Waals surface area contributed by atoms with Gasteiger partial charge in [-0.2, -0.15) is 4.31 Å². The number of hydrogen-bond acceptors (Lipinski definition) is 5. The monoisotopic (exact) mass is 393 g/mol. The van der Waals surface area contributed by atoms with Crippen molar-refractivity contribution >= 4 is 31.9 Å². The van der Waals surface area contributed by atoms with Gasteiger partial charge in [0, 0.05) is 17.1 Å². The van der Waals surface area contributed by atoms with E-state index < -0.39 is 22.0 Å². The standard InChI is InChI=1S/C13H16BrNO6S/c1-20-10-6-8(14)12(7-11(10)21-2)22(18,19)15-5-3-4-9(15)13(16)17/h6-7,9H,3-5H2,1-2H3,(H,16,17). The zero-order valence-corrected chi connectivity index (χ0v) is 14.5. The minimum Gasteiger partial charge on any atom is -0.493 e. The molecule has 1 heterocycles. The molecule has 0 bridgehead atoms. The number of halogens is 1. The second kappa shape index (κ2) is 6.43. The Bertz CT molecular complexity index is 690. The first-order valence-corrected chi connectivity index (χ1v) is 8.72. The van der Waals surface area contributed by atoms with Gasteiger partial charge in [0.05, 0.1) is 14.2 Å². The molecule has 9 heteroatoms. The van der Waals surface area contributed by atoms with E-state index in [1.807, 2.05) is 0 Å². The number of aliphatic carboxylic acids is 1. The van der Waals surface area contributed by atoms with Crippen LogP contribution >= 0.6 is 15.9 Å². The number of methoxy groups -OCH3 is 2. The van der Waals surface area contributed by atoms with Crippen LogP contribution in [0.15, 0.2) is 21.5 Å². The Labute approximate surface area is 137 Å². The number of carboxylic acids is 1. The smallest absolute Gasteiger partial charge is 0.322 e. The molecule has 0 amide bonds. The van der Waals surface area contributed by atoms with Crippen molar-refractivity contribution in [1.29, 1.82) is 0 Å². The molecule has 2 rings (SSSR count). The van der Waals surface area contributed by atoms with Gasteiger partial charge in [-0.15, -0.1) is 0 Å². The highest BCUT2D eigenvalue weighted by Crippen LogP contribution is 2.38. The zero-order chi connectivity index (χ0) is 16.5. The average molecular weight is 394 g/mol. The maximum atomic E-state index is 12.8. The van der Waals surface area contributed by atoms with Crippen molar-refractivity contribution in [2.24, 2.45) is 0 Å². The highest BCUT2D eigenvalue weighted by molar-refractivity contribution is 9.10. The molecule has 7 nitrogen and oxygen atoms in total. The minimum absolute atomic E-state index is 0.0432. The van der Waals surface area contributed by atoms with Crippen LogP contribution in [0, 0.1) is 0 Å². The normalized spacial score (nSPS) is 19.1. The van der Waals surface area contributed by atoms with Crippen molar-refractivity contribution in [2.75, 3.05) is 20.8 Å². The Kier molecular flexibility index (Phi) is 4.98.